The van der Waals surface area contributed by atoms with E-state index in [1.165, 1.54) is 7.11 Å². The lowest BCUT2D eigenvalue weighted by atomic mass is 9.87. The summed E-state index contributed by atoms with van der Waals surface area (Å²) in [7, 11) is -2.31. The van der Waals surface area contributed by atoms with E-state index in [1.54, 1.807) is 19.1 Å². The Morgan fingerprint density at radius 1 is 1.27 bits per heavy atom. The molecule has 0 unspecified atom stereocenters. The lowest BCUT2D eigenvalue weighted by Gasteiger charge is -2.20. The van der Waals surface area contributed by atoms with E-state index in [9.17, 15) is 13.2 Å². The number of nitrogens with one attached hydrogen (secondary N) is 1. The van der Waals surface area contributed by atoms with Crippen molar-refractivity contribution in [1.29, 1.82) is 0 Å². The lowest BCUT2D eigenvalue weighted by Crippen LogP contribution is -2.31. The van der Waals surface area contributed by atoms with Crippen molar-refractivity contribution in [3.63, 3.8) is 0 Å². The van der Waals surface area contributed by atoms with Crippen LogP contribution in [0.4, 0.5) is 0 Å². The van der Waals surface area contributed by atoms with Crippen molar-refractivity contribution in [2.45, 2.75) is 50.8 Å². The number of carbonyl (C=O) groups excluding carboxylic acids is 1. The molecule has 0 atom stereocenters. The molecule has 6 heteroatoms. The number of aryl methyl sites for hydroxylation is 1. The SMILES string of the molecule is COCCCC(=O)NS(=O)(=O)c1cc(C(C)(C)C)ccc1C. The molecule has 0 radical (unpaired) electrons. The zero-order chi connectivity index (χ0) is 17.0. The van der Waals surface area contributed by atoms with Crippen LogP contribution in [0.5, 0.6) is 0 Å². The highest BCUT2D eigenvalue weighted by Crippen LogP contribution is 2.26. The van der Waals surface area contributed by atoms with Crippen LogP contribution in [0.1, 0.15) is 44.7 Å². The molecule has 0 saturated carbocycles. The van der Waals surface area contributed by atoms with Gasteiger partial charge in [0.2, 0.25) is 5.91 Å². The number of amides is 1. The van der Waals surface area contributed by atoms with Gasteiger partial charge in [-0.3, -0.25) is 4.79 Å². The Morgan fingerprint density at radius 2 is 1.91 bits per heavy atom. The third kappa shape index (κ3) is 5.10. The Bertz CT molecular complexity index is 630. The van der Waals surface area contributed by atoms with Crippen molar-refractivity contribution in [3.05, 3.63) is 29.3 Å². The molecule has 0 aromatic heterocycles. The minimum atomic E-state index is -3.85. The van der Waals surface area contributed by atoms with Crippen LogP contribution in [0.2, 0.25) is 0 Å². The number of ether oxygens (including phenoxy) is 1. The fraction of sp³-hybridized carbons (Fsp3) is 0.562. The monoisotopic (exact) mass is 327 g/mol. The molecule has 1 N–H and O–H groups in total. The van der Waals surface area contributed by atoms with Gasteiger partial charge in [-0.2, -0.15) is 0 Å². The summed E-state index contributed by atoms with van der Waals surface area (Å²) in [5, 5.41) is 0. The van der Waals surface area contributed by atoms with Crippen LogP contribution in [-0.2, 0) is 25.0 Å². The van der Waals surface area contributed by atoms with Crippen molar-refractivity contribution >= 4 is 15.9 Å². The van der Waals surface area contributed by atoms with Crippen LogP contribution in [0.15, 0.2) is 23.1 Å². The number of carbonyl (C=O) groups is 1. The van der Waals surface area contributed by atoms with E-state index in [0.29, 0.717) is 18.6 Å². The van der Waals surface area contributed by atoms with Crippen molar-refractivity contribution in [1.82, 2.24) is 4.72 Å². The first-order valence-corrected chi connectivity index (χ1v) is 8.72. The molecule has 0 saturated heterocycles. The molecule has 0 heterocycles. The van der Waals surface area contributed by atoms with E-state index in [4.69, 9.17) is 4.74 Å². The zero-order valence-electron chi connectivity index (χ0n) is 13.9. The smallest absolute Gasteiger partial charge is 0.264 e. The summed E-state index contributed by atoms with van der Waals surface area (Å²) in [6.07, 6.45) is 0.601. The maximum Gasteiger partial charge on any atom is 0.264 e. The zero-order valence-corrected chi connectivity index (χ0v) is 14.7. The summed E-state index contributed by atoms with van der Waals surface area (Å²) >= 11 is 0. The van der Waals surface area contributed by atoms with Gasteiger partial charge in [0.15, 0.2) is 0 Å². The van der Waals surface area contributed by atoms with Crippen molar-refractivity contribution in [2.24, 2.45) is 0 Å². The summed E-state index contributed by atoms with van der Waals surface area (Å²) in [6.45, 7) is 8.18. The molecule has 0 aliphatic heterocycles. The predicted molar refractivity (Wildman–Crippen MR) is 86.3 cm³/mol. The van der Waals surface area contributed by atoms with Gasteiger partial charge in [0, 0.05) is 20.1 Å². The second kappa shape index (κ2) is 7.24. The van der Waals surface area contributed by atoms with Gasteiger partial charge >= 0.3 is 0 Å². The Morgan fingerprint density at radius 3 is 2.45 bits per heavy atom. The average molecular weight is 327 g/mol. The maximum atomic E-state index is 12.4. The summed E-state index contributed by atoms with van der Waals surface area (Å²) in [6, 6.07) is 5.32. The molecule has 0 spiro atoms. The minimum absolute atomic E-state index is 0.116. The number of hydrogen-bond acceptors (Lipinski definition) is 4. The predicted octanol–water partition coefficient (Wildman–Crippen LogP) is 2.52. The van der Waals surface area contributed by atoms with Crippen LogP contribution < -0.4 is 4.72 Å². The number of benzene rings is 1. The first-order valence-electron chi connectivity index (χ1n) is 7.23. The van der Waals surface area contributed by atoms with Gasteiger partial charge in [-0.25, -0.2) is 13.1 Å². The van der Waals surface area contributed by atoms with Gasteiger partial charge in [0.05, 0.1) is 4.90 Å². The van der Waals surface area contributed by atoms with Crippen LogP contribution >= 0.6 is 0 Å². The molecule has 0 aliphatic carbocycles. The quantitative estimate of drug-likeness (QED) is 0.815. The largest absolute Gasteiger partial charge is 0.385 e. The summed E-state index contributed by atoms with van der Waals surface area (Å²) in [5.41, 5.74) is 1.36. The molecule has 0 fully saturated rings. The van der Waals surface area contributed by atoms with E-state index in [1.807, 2.05) is 26.8 Å². The molecule has 1 rings (SSSR count). The highest BCUT2D eigenvalue weighted by Gasteiger charge is 2.23. The highest BCUT2D eigenvalue weighted by atomic mass is 32.2. The Kier molecular flexibility index (Phi) is 6.14. The summed E-state index contributed by atoms with van der Waals surface area (Å²) in [5.74, 6) is -0.516. The van der Waals surface area contributed by atoms with Gasteiger partial charge in [-0.15, -0.1) is 0 Å². The van der Waals surface area contributed by atoms with Crippen LogP contribution in [0, 0.1) is 6.92 Å². The summed E-state index contributed by atoms with van der Waals surface area (Å²) in [4.78, 5) is 11.9. The molecule has 0 aliphatic rings. The first kappa shape index (κ1) is 18.6. The van der Waals surface area contributed by atoms with E-state index in [2.05, 4.69) is 4.72 Å². The average Bonchev–Trinajstić information content (AvgIpc) is 2.37. The third-order valence-corrected chi connectivity index (χ3v) is 4.86. The molecule has 22 heavy (non-hydrogen) atoms. The summed E-state index contributed by atoms with van der Waals surface area (Å²) < 4.78 is 31.8. The Labute approximate surface area is 133 Å². The molecule has 5 nitrogen and oxygen atoms in total. The third-order valence-electron chi connectivity index (χ3n) is 3.34. The van der Waals surface area contributed by atoms with E-state index < -0.39 is 15.9 Å². The standard InChI is InChI=1S/C16H25NO4S/c1-12-8-9-13(16(2,3)4)11-14(12)22(19,20)17-15(18)7-6-10-21-5/h8-9,11H,6-7,10H2,1-5H3,(H,17,18). The van der Waals surface area contributed by atoms with E-state index >= 15 is 0 Å². The molecular weight excluding hydrogens is 302 g/mol. The van der Waals surface area contributed by atoms with Crippen molar-refractivity contribution in [3.8, 4) is 0 Å². The normalized spacial score (nSPS) is 12.2. The van der Waals surface area contributed by atoms with Crippen LogP contribution in [0.25, 0.3) is 0 Å². The highest BCUT2D eigenvalue weighted by molar-refractivity contribution is 7.90. The second-order valence-electron chi connectivity index (χ2n) is 6.36. The van der Waals surface area contributed by atoms with Gasteiger partial charge < -0.3 is 4.74 Å². The van der Waals surface area contributed by atoms with E-state index in [0.717, 1.165) is 5.56 Å². The first-order chi connectivity index (χ1) is 10.1. The van der Waals surface area contributed by atoms with E-state index in [-0.39, 0.29) is 16.7 Å². The van der Waals surface area contributed by atoms with Crippen LogP contribution in [0.3, 0.4) is 0 Å². The van der Waals surface area contributed by atoms with Gasteiger partial charge in [-0.05, 0) is 36.0 Å². The molecule has 1 aromatic rings. The topological polar surface area (TPSA) is 72.5 Å². The molecular formula is C16H25NO4S. The van der Waals surface area contributed by atoms with Gasteiger partial charge in [0.25, 0.3) is 10.0 Å². The molecule has 0 bridgehead atoms. The fourth-order valence-corrected chi connectivity index (χ4v) is 3.27. The van der Waals surface area contributed by atoms with Crippen molar-refractivity contribution in [2.75, 3.05) is 13.7 Å². The van der Waals surface area contributed by atoms with Crippen LogP contribution in [-0.4, -0.2) is 28.0 Å². The number of sulfonamides is 1. The molecule has 1 aromatic carbocycles. The maximum absolute atomic E-state index is 12.4. The lowest BCUT2D eigenvalue weighted by molar-refractivity contribution is -0.119. The molecule has 1 amide bonds. The van der Waals surface area contributed by atoms with Gasteiger partial charge in [-0.1, -0.05) is 32.9 Å². The Hall–Kier alpha value is -1.40. The number of hydrogen-bond donors (Lipinski definition) is 1. The van der Waals surface area contributed by atoms with Gasteiger partial charge in [0.1, 0.15) is 0 Å². The minimum Gasteiger partial charge on any atom is -0.385 e. The van der Waals surface area contributed by atoms with Crippen molar-refractivity contribution < 1.29 is 17.9 Å². The fourth-order valence-electron chi connectivity index (χ4n) is 1.99. The number of methoxy groups -OCH3 is 1. The number of rotatable bonds is 6. The molecule has 124 valence electrons. The second-order valence-corrected chi connectivity index (χ2v) is 8.01. The Balaban J connectivity index is 3.00.